The lowest BCUT2D eigenvalue weighted by molar-refractivity contribution is 0.978. The van der Waals surface area contributed by atoms with Crippen molar-refractivity contribution in [1.82, 2.24) is 4.98 Å². The fourth-order valence-electron chi connectivity index (χ4n) is 3.24. The molecule has 0 spiro atoms. The van der Waals surface area contributed by atoms with Gasteiger partial charge in [0.2, 0.25) is 0 Å². The number of hydrogen-bond acceptors (Lipinski definition) is 3. The lowest BCUT2D eigenvalue weighted by atomic mass is 9.82. The van der Waals surface area contributed by atoms with Crippen LogP contribution in [0.15, 0.2) is 90.3 Å². The summed E-state index contributed by atoms with van der Waals surface area (Å²) in [6.07, 6.45) is 0. The molecule has 0 aliphatic heterocycles. The third-order valence-electron chi connectivity index (χ3n) is 4.34. The van der Waals surface area contributed by atoms with Crippen molar-refractivity contribution in [1.29, 1.82) is 0 Å². The van der Waals surface area contributed by atoms with Crippen molar-refractivity contribution in [3.63, 3.8) is 0 Å². The van der Waals surface area contributed by atoms with Gasteiger partial charge >= 0.3 is 0 Å². The molecule has 4 aromatic rings. The predicted molar refractivity (Wildman–Crippen MR) is 106 cm³/mol. The highest BCUT2D eigenvalue weighted by Crippen LogP contribution is 2.38. The molecule has 25 heavy (non-hydrogen) atoms. The standard InChI is InChI=1S/C22H18N2S/c23-22-24-20(15-25-22)18-13-7-8-14-19(18)21(16-9-3-1-4-10-16)17-11-5-2-6-12-17/h1-15,21H,(H2,23,24). The average molecular weight is 342 g/mol. The quantitative estimate of drug-likeness (QED) is 0.492. The van der Waals surface area contributed by atoms with Gasteiger partial charge in [0, 0.05) is 16.9 Å². The van der Waals surface area contributed by atoms with Gasteiger partial charge in [-0.3, -0.25) is 0 Å². The van der Waals surface area contributed by atoms with Gasteiger partial charge in [0.25, 0.3) is 0 Å². The Hall–Kier alpha value is -2.91. The van der Waals surface area contributed by atoms with Crippen LogP contribution in [0, 0.1) is 0 Å². The van der Waals surface area contributed by atoms with Gasteiger partial charge < -0.3 is 5.73 Å². The van der Waals surface area contributed by atoms with E-state index in [9.17, 15) is 0 Å². The zero-order valence-corrected chi connectivity index (χ0v) is 14.5. The molecule has 4 rings (SSSR count). The van der Waals surface area contributed by atoms with Crippen LogP contribution < -0.4 is 5.73 Å². The maximum Gasteiger partial charge on any atom is 0.180 e. The molecule has 0 radical (unpaired) electrons. The summed E-state index contributed by atoms with van der Waals surface area (Å²) in [7, 11) is 0. The van der Waals surface area contributed by atoms with Gasteiger partial charge in [0.1, 0.15) is 0 Å². The summed E-state index contributed by atoms with van der Waals surface area (Å²) in [5, 5.41) is 2.63. The Labute approximate surface area is 151 Å². The summed E-state index contributed by atoms with van der Waals surface area (Å²) < 4.78 is 0. The molecule has 1 aromatic heterocycles. The molecule has 0 atom stereocenters. The van der Waals surface area contributed by atoms with Crippen LogP contribution in [0.3, 0.4) is 0 Å². The van der Waals surface area contributed by atoms with Crippen LogP contribution in [-0.2, 0) is 0 Å². The lowest BCUT2D eigenvalue weighted by Crippen LogP contribution is -2.05. The van der Waals surface area contributed by atoms with Crippen LogP contribution in [-0.4, -0.2) is 4.98 Å². The summed E-state index contributed by atoms with van der Waals surface area (Å²) >= 11 is 1.48. The number of thiazole rings is 1. The normalized spacial score (nSPS) is 10.9. The Balaban J connectivity index is 1.92. The smallest absolute Gasteiger partial charge is 0.180 e. The highest BCUT2D eigenvalue weighted by atomic mass is 32.1. The second kappa shape index (κ2) is 6.91. The first-order chi connectivity index (χ1) is 12.3. The van der Waals surface area contributed by atoms with Crippen molar-refractivity contribution in [2.45, 2.75) is 5.92 Å². The SMILES string of the molecule is Nc1nc(-c2ccccc2C(c2ccccc2)c2ccccc2)cs1. The van der Waals surface area contributed by atoms with Crippen LogP contribution in [0.2, 0.25) is 0 Å². The van der Waals surface area contributed by atoms with Crippen LogP contribution in [0.4, 0.5) is 5.13 Å². The zero-order chi connectivity index (χ0) is 17.1. The minimum atomic E-state index is 0.154. The third-order valence-corrected chi connectivity index (χ3v) is 5.01. The molecule has 3 heteroatoms. The van der Waals surface area contributed by atoms with Gasteiger partial charge in [0.05, 0.1) is 5.69 Å². The van der Waals surface area contributed by atoms with Gasteiger partial charge in [-0.05, 0) is 16.7 Å². The van der Waals surface area contributed by atoms with E-state index in [-0.39, 0.29) is 5.92 Å². The monoisotopic (exact) mass is 342 g/mol. The number of anilines is 1. The zero-order valence-electron chi connectivity index (χ0n) is 13.7. The number of rotatable bonds is 4. The Bertz CT molecular complexity index is 922. The molecular weight excluding hydrogens is 324 g/mol. The summed E-state index contributed by atoms with van der Waals surface area (Å²) in [5.41, 5.74) is 11.7. The highest BCUT2D eigenvalue weighted by Gasteiger charge is 2.20. The Kier molecular flexibility index (Phi) is 4.32. The van der Waals surface area contributed by atoms with E-state index in [2.05, 4.69) is 89.9 Å². The molecule has 0 saturated carbocycles. The van der Waals surface area contributed by atoms with E-state index in [0.29, 0.717) is 5.13 Å². The molecule has 0 unspecified atom stereocenters. The first-order valence-corrected chi connectivity index (χ1v) is 9.11. The van der Waals surface area contributed by atoms with Gasteiger partial charge in [-0.15, -0.1) is 11.3 Å². The van der Waals surface area contributed by atoms with Crippen LogP contribution in [0.25, 0.3) is 11.3 Å². The maximum absolute atomic E-state index is 5.87. The van der Waals surface area contributed by atoms with E-state index < -0.39 is 0 Å². The third kappa shape index (κ3) is 3.19. The van der Waals surface area contributed by atoms with E-state index in [0.717, 1.165) is 11.3 Å². The lowest BCUT2D eigenvalue weighted by Gasteiger charge is -2.21. The molecule has 0 saturated heterocycles. The van der Waals surface area contributed by atoms with E-state index in [1.54, 1.807) is 0 Å². The number of nitrogens with zero attached hydrogens (tertiary/aromatic N) is 1. The first-order valence-electron chi connectivity index (χ1n) is 8.23. The molecule has 3 aromatic carbocycles. The molecule has 0 bridgehead atoms. The minimum Gasteiger partial charge on any atom is -0.375 e. The fraction of sp³-hybridized carbons (Fsp3) is 0.0455. The molecule has 2 N–H and O–H groups in total. The van der Waals surface area contributed by atoms with Gasteiger partial charge in [-0.1, -0.05) is 84.9 Å². The molecule has 2 nitrogen and oxygen atoms in total. The van der Waals surface area contributed by atoms with Crippen molar-refractivity contribution in [2.24, 2.45) is 0 Å². The molecule has 0 aliphatic carbocycles. The van der Waals surface area contributed by atoms with Crippen LogP contribution in [0.5, 0.6) is 0 Å². The average Bonchev–Trinajstić information content (AvgIpc) is 3.10. The number of nitrogens with two attached hydrogens (primary N) is 1. The van der Waals surface area contributed by atoms with Gasteiger partial charge in [-0.25, -0.2) is 4.98 Å². The molecule has 0 fully saturated rings. The molecule has 0 amide bonds. The van der Waals surface area contributed by atoms with E-state index in [1.165, 1.54) is 28.0 Å². The summed E-state index contributed by atoms with van der Waals surface area (Å²) in [6, 6.07) is 29.7. The van der Waals surface area contributed by atoms with Crippen molar-refractivity contribution >= 4 is 16.5 Å². The van der Waals surface area contributed by atoms with Gasteiger partial charge in [0.15, 0.2) is 5.13 Å². The number of nitrogen functional groups attached to an aromatic ring is 1. The van der Waals surface area contributed by atoms with Gasteiger partial charge in [-0.2, -0.15) is 0 Å². The Morgan fingerprint density at radius 2 is 1.28 bits per heavy atom. The number of benzene rings is 3. The molecule has 1 heterocycles. The fourth-order valence-corrected chi connectivity index (χ4v) is 3.80. The predicted octanol–water partition coefficient (Wildman–Crippen LogP) is 5.57. The van der Waals surface area contributed by atoms with Crippen LogP contribution >= 0.6 is 11.3 Å². The Morgan fingerprint density at radius 3 is 1.84 bits per heavy atom. The molecule has 122 valence electrons. The summed E-state index contributed by atoms with van der Waals surface area (Å²) in [6.45, 7) is 0. The molecule has 0 aliphatic rings. The van der Waals surface area contributed by atoms with Crippen molar-refractivity contribution in [3.05, 3.63) is 107 Å². The molecular formula is C22H18N2S. The minimum absolute atomic E-state index is 0.154. The van der Waals surface area contributed by atoms with Crippen molar-refractivity contribution in [3.8, 4) is 11.3 Å². The van der Waals surface area contributed by atoms with E-state index >= 15 is 0 Å². The largest absolute Gasteiger partial charge is 0.375 e. The number of aromatic nitrogens is 1. The van der Waals surface area contributed by atoms with Crippen LogP contribution in [0.1, 0.15) is 22.6 Å². The maximum atomic E-state index is 5.87. The second-order valence-electron chi connectivity index (χ2n) is 5.91. The first kappa shape index (κ1) is 15.6. The van der Waals surface area contributed by atoms with Crippen molar-refractivity contribution in [2.75, 3.05) is 5.73 Å². The number of hydrogen-bond donors (Lipinski definition) is 1. The van der Waals surface area contributed by atoms with Crippen molar-refractivity contribution < 1.29 is 0 Å². The van der Waals surface area contributed by atoms with E-state index in [1.807, 2.05) is 5.38 Å². The topological polar surface area (TPSA) is 38.9 Å². The highest BCUT2D eigenvalue weighted by molar-refractivity contribution is 7.13. The summed E-state index contributed by atoms with van der Waals surface area (Å²) in [5.74, 6) is 0.154. The summed E-state index contributed by atoms with van der Waals surface area (Å²) in [4.78, 5) is 4.51. The Morgan fingerprint density at radius 1 is 0.720 bits per heavy atom. The second-order valence-corrected chi connectivity index (χ2v) is 6.80. The van der Waals surface area contributed by atoms with E-state index in [4.69, 9.17) is 5.73 Å².